The summed E-state index contributed by atoms with van der Waals surface area (Å²) < 4.78 is 0. The number of urea groups is 1. The Kier molecular flexibility index (Phi) is 6.49. The quantitative estimate of drug-likeness (QED) is 0.661. The fourth-order valence-electron chi connectivity index (χ4n) is 3.04. The Morgan fingerprint density at radius 3 is 2.63 bits per heavy atom. The zero-order valence-electron chi connectivity index (χ0n) is 15.6. The van der Waals surface area contributed by atoms with E-state index in [9.17, 15) is 9.59 Å². The number of aromatic amines is 1. The SMILES string of the molecule is CCc1ccc(-c2nc(S[C@H](C)C(=O)NC(=O)NC3CCCC3)n[nH]2)cc1. The third-order valence-corrected chi connectivity index (χ3v) is 5.64. The van der Waals surface area contributed by atoms with Gasteiger partial charge in [-0.2, -0.15) is 0 Å². The van der Waals surface area contributed by atoms with Crippen LogP contribution in [0.25, 0.3) is 11.4 Å². The summed E-state index contributed by atoms with van der Waals surface area (Å²) in [6.07, 6.45) is 5.19. The number of H-pyrrole nitrogens is 1. The van der Waals surface area contributed by atoms with Crippen LogP contribution in [0.3, 0.4) is 0 Å². The lowest BCUT2D eigenvalue weighted by Crippen LogP contribution is -2.45. The van der Waals surface area contributed by atoms with Gasteiger partial charge in [0.05, 0.1) is 5.25 Å². The van der Waals surface area contributed by atoms with Crippen LogP contribution in [0, 0.1) is 0 Å². The van der Waals surface area contributed by atoms with Crippen molar-refractivity contribution in [2.45, 2.75) is 62.4 Å². The second-order valence-electron chi connectivity index (χ2n) is 6.72. The summed E-state index contributed by atoms with van der Waals surface area (Å²) in [6, 6.07) is 7.86. The highest BCUT2D eigenvalue weighted by Gasteiger charge is 2.22. The Bertz CT molecular complexity index is 784. The summed E-state index contributed by atoms with van der Waals surface area (Å²) in [5.74, 6) is 0.306. The second-order valence-corrected chi connectivity index (χ2v) is 8.03. The van der Waals surface area contributed by atoms with Crippen molar-refractivity contribution in [1.82, 2.24) is 25.8 Å². The van der Waals surface area contributed by atoms with Crippen LogP contribution in [0.2, 0.25) is 0 Å². The van der Waals surface area contributed by atoms with Gasteiger partial charge in [0.1, 0.15) is 0 Å². The van der Waals surface area contributed by atoms with E-state index in [4.69, 9.17) is 0 Å². The molecule has 1 atom stereocenters. The van der Waals surface area contributed by atoms with Crippen molar-refractivity contribution in [3.05, 3.63) is 29.8 Å². The molecule has 1 aromatic heterocycles. The molecule has 7 nitrogen and oxygen atoms in total. The van der Waals surface area contributed by atoms with E-state index in [2.05, 4.69) is 44.9 Å². The van der Waals surface area contributed by atoms with Crippen LogP contribution >= 0.6 is 11.8 Å². The lowest BCUT2D eigenvalue weighted by atomic mass is 10.1. The van der Waals surface area contributed by atoms with Crippen LogP contribution < -0.4 is 10.6 Å². The van der Waals surface area contributed by atoms with Crippen molar-refractivity contribution in [2.75, 3.05) is 0 Å². The number of nitrogens with zero attached hydrogens (tertiary/aromatic N) is 2. The van der Waals surface area contributed by atoms with Crippen molar-refractivity contribution in [3.63, 3.8) is 0 Å². The first-order valence-corrected chi connectivity index (χ1v) is 10.2. The van der Waals surface area contributed by atoms with E-state index in [1.165, 1.54) is 17.3 Å². The van der Waals surface area contributed by atoms with Gasteiger partial charge in [-0.1, -0.05) is 55.8 Å². The highest BCUT2D eigenvalue weighted by atomic mass is 32.2. The van der Waals surface area contributed by atoms with Gasteiger partial charge < -0.3 is 5.32 Å². The van der Waals surface area contributed by atoms with Crippen molar-refractivity contribution in [1.29, 1.82) is 0 Å². The van der Waals surface area contributed by atoms with Crippen LogP contribution in [-0.2, 0) is 11.2 Å². The Labute approximate surface area is 163 Å². The molecule has 2 aromatic rings. The number of benzene rings is 1. The predicted octanol–water partition coefficient (Wildman–Crippen LogP) is 3.28. The Balaban J connectivity index is 1.52. The maximum atomic E-state index is 12.2. The van der Waals surface area contributed by atoms with Gasteiger partial charge in [0.15, 0.2) is 5.82 Å². The number of hydrogen-bond donors (Lipinski definition) is 3. The van der Waals surface area contributed by atoms with Gasteiger partial charge in [-0.05, 0) is 31.7 Å². The predicted molar refractivity (Wildman–Crippen MR) is 105 cm³/mol. The Hall–Kier alpha value is -2.35. The third kappa shape index (κ3) is 5.32. The van der Waals surface area contributed by atoms with Gasteiger partial charge in [-0.15, -0.1) is 5.10 Å². The van der Waals surface area contributed by atoms with E-state index in [0.717, 1.165) is 37.7 Å². The topological polar surface area (TPSA) is 99.8 Å². The molecule has 0 radical (unpaired) electrons. The molecule has 8 heteroatoms. The fraction of sp³-hybridized carbons (Fsp3) is 0.474. The average molecular weight is 388 g/mol. The Morgan fingerprint density at radius 2 is 1.96 bits per heavy atom. The van der Waals surface area contributed by atoms with Gasteiger partial charge in [-0.25, -0.2) is 9.78 Å². The summed E-state index contributed by atoms with van der Waals surface area (Å²) in [7, 11) is 0. The number of nitrogens with one attached hydrogen (secondary N) is 3. The molecule has 0 bridgehead atoms. The van der Waals surface area contributed by atoms with E-state index >= 15 is 0 Å². The van der Waals surface area contributed by atoms with Gasteiger partial charge in [0.2, 0.25) is 11.1 Å². The molecule has 1 aromatic carbocycles. The third-order valence-electron chi connectivity index (χ3n) is 4.68. The van der Waals surface area contributed by atoms with Crippen LogP contribution in [0.15, 0.2) is 29.4 Å². The fourth-order valence-corrected chi connectivity index (χ4v) is 3.77. The summed E-state index contributed by atoms with van der Waals surface area (Å²) in [5.41, 5.74) is 2.20. The van der Waals surface area contributed by atoms with Crippen molar-refractivity contribution < 1.29 is 9.59 Å². The van der Waals surface area contributed by atoms with Gasteiger partial charge in [-0.3, -0.25) is 15.2 Å². The maximum Gasteiger partial charge on any atom is 0.321 e. The average Bonchev–Trinajstić information content (AvgIpc) is 3.33. The number of rotatable bonds is 6. The van der Waals surface area contributed by atoms with Gasteiger partial charge in [0, 0.05) is 11.6 Å². The zero-order valence-corrected chi connectivity index (χ0v) is 16.4. The molecule has 144 valence electrons. The van der Waals surface area contributed by atoms with Crippen LogP contribution in [-0.4, -0.2) is 38.4 Å². The van der Waals surface area contributed by atoms with Crippen molar-refractivity contribution >= 4 is 23.7 Å². The lowest BCUT2D eigenvalue weighted by molar-refractivity contribution is -0.119. The summed E-state index contributed by atoms with van der Waals surface area (Å²) in [6.45, 7) is 3.84. The molecular weight excluding hydrogens is 362 g/mol. The molecule has 1 heterocycles. The summed E-state index contributed by atoms with van der Waals surface area (Å²) in [5, 5.41) is 12.3. The minimum absolute atomic E-state index is 0.176. The largest absolute Gasteiger partial charge is 0.335 e. The second kappa shape index (κ2) is 9.03. The number of carbonyl (C=O) groups excluding carboxylic acids is 2. The molecule has 3 amide bonds. The molecule has 1 aliphatic carbocycles. The normalized spacial score (nSPS) is 15.5. The molecule has 3 N–H and O–H groups in total. The zero-order chi connectivity index (χ0) is 19.2. The van der Waals surface area contributed by atoms with Gasteiger partial charge in [0.25, 0.3) is 0 Å². The standard InChI is InChI=1S/C19H25N5O2S/c1-3-13-8-10-14(11-9-13)16-21-19(24-23-16)27-12(2)17(25)22-18(26)20-15-6-4-5-7-15/h8-12,15H,3-7H2,1-2H3,(H,21,23,24)(H2,20,22,25,26)/t12-/m1/s1. The number of imide groups is 1. The number of carbonyl (C=O) groups is 2. The molecule has 27 heavy (non-hydrogen) atoms. The number of amides is 3. The monoisotopic (exact) mass is 387 g/mol. The van der Waals surface area contributed by atoms with Crippen molar-refractivity contribution in [2.24, 2.45) is 0 Å². The van der Waals surface area contributed by atoms with E-state index in [0.29, 0.717) is 11.0 Å². The summed E-state index contributed by atoms with van der Waals surface area (Å²) in [4.78, 5) is 28.6. The number of thioether (sulfide) groups is 1. The molecule has 1 fully saturated rings. The smallest absolute Gasteiger partial charge is 0.321 e. The van der Waals surface area contributed by atoms with Crippen LogP contribution in [0.5, 0.6) is 0 Å². The highest BCUT2D eigenvalue weighted by molar-refractivity contribution is 8.00. The van der Waals surface area contributed by atoms with Gasteiger partial charge >= 0.3 is 6.03 Å². The molecule has 1 saturated carbocycles. The number of aryl methyl sites for hydroxylation is 1. The van der Waals surface area contributed by atoms with E-state index in [-0.39, 0.29) is 11.9 Å². The molecule has 3 rings (SSSR count). The molecular formula is C19H25N5O2S. The highest BCUT2D eigenvalue weighted by Crippen LogP contribution is 2.23. The molecule has 0 aliphatic heterocycles. The molecule has 0 unspecified atom stereocenters. The summed E-state index contributed by atoms with van der Waals surface area (Å²) >= 11 is 1.21. The number of aromatic nitrogens is 3. The van der Waals surface area contributed by atoms with E-state index in [1.54, 1.807) is 6.92 Å². The minimum Gasteiger partial charge on any atom is -0.335 e. The first-order chi connectivity index (χ1) is 13.0. The molecule has 0 spiro atoms. The first-order valence-electron chi connectivity index (χ1n) is 9.35. The molecule has 0 saturated heterocycles. The van der Waals surface area contributed by atoms with Crippen LogP contribution in [0.1, 0.15) is 45.1 Å². The maximum absolute atomic E-state index is 12.2. The number of hydrogen-bond acceptors (Lipinski definition) is 5. The van der Waals surface area contributed by atoms with E-state index < -0.39 is 11.3 Å². The van der Waals surface area contributed by atoms with E-state index in [1.807, 2.05) is 12.1 Å². The lowest BCUT2D eigenvalue weighted by Gasteiger charge is -2.14. The van der Waals surface area contributed by atoms with Crippen LogP contribution in [0.4, 0.5) is 4.79 Å². The minimum atomic E-state index is -0.481. The first kappa shape index (κ1) is 19.4. The Morgan fingerprint density at radius 1 is 1.26 bits per heavy atom. The molecule has 1 aliphatic rings. The van der Waals surface area contributed by atoms with Crippen molar-refractivity contribution in [3.8, 4) is 11.4 Å².